The number of aromatic nitrogens is 2. The van der Waals surface area contributed by atoms with E-state index < -0.39 is 0 Å². The Hall–Kier alpha value is -1.00. The van der Waals surface area contributed by atoms with Gasteiger partial charge in [-0.05, 0) is 18.0 Å². The Morgan fingerprint density at radius 3 is 2.11 bits per heavy atom. The molecule has 0 N–H and O–H groups in total. The lowest BCUT2D eigenvalue weighted by atomic mass is 9.89. The first-order chi connectivity index (χ1) is 8.45. The van der Waals surface area contributed by atoms with Crippen LogP contribution in [0.1, 0.15) is 32.2 Å². The molecule has 1 aromatic heterocycles. The Balaban J connectivity index is 1.94. The molecule has 0 amide bonds. The second-order valence-electron chi connectivity index (χ2n) is 6.22. The number of piperazine rings is 1. The average Bonchev–Trinajstić information content (AvgIpc) is 2.32. The van der Waals surface area contributed by atoms with E-state index in [2.05, 4.69) is 47.6 Å². The van der Waals surface area contributed by atoms with Crippen molar-refractivity contribution in [3.63, 3.8) is 0 Å². The van der Waals surface area contributed by atoms with Crippen molar-refractivity contribution < 1.29 is 0 Å². The molecule has 100 valence electrons. The van der Waals surface area contributed by atoms with Crippen LogP contribution in [0.15, 0.2) is 12.4 Å². The monoisotopic (exact) mass is 248 g/mol. The van der Waals surface area contributed by atoms with E-state index in [4.69, 9.17) is 0 Å². The maximum Gasteiger partial charge on any atom is 0.142 e. The number of likely N-dealkylation sites (N-methyl/N-ethyl adjacent to an activating group) is 1. The van der Waals surface area contributed by atoms with Crippen LogP contribution in [0.2, 0.25) is 0 Å². The summed E-state index contributed by atoms with van der Waals surface area (Å²) >= 11 is 0. The molecular weight excluding hydrogens is 224 g/mol. The van der Waals surface area contributed by atoms with Crippen LogP contribution in [0.25, 0.3) is 0 Å². The number of hydrogen-bond donors (Lipinski definition) is 0. The molecule has 0 saturated carbocycles. The van der Waals surface area contributed by atoms with Gasteiger partial charge in [0.15, 0.2) is 0 Å². The van der Waals surface area contributed by atoms with Gasteiger partial charge in [-0.25, -0.2) is 9.97 Å². The Labute approximate surface area is 110 Å². The molecular formula is C14H24N4. The van der Waals surface area contributed by atoms with E-state index in [1.165, 1.54) is 5.56 Å². The van der Waals surface area contributed by atoms with E-state index in [0.717, 1.165) is 38.5 Å². The highest BCUT2D eigenvalue weighted by atomic mass is 15.2. The number of rotatable bonds is 2. The summed E-state index contributed by atoms with van der Waals surface area (Å²) in [6.07, 6.45) is 3.94. The van der Waals surface area contributed by atoms with Gasteiger partial charge in [0.1, 0.15) is 5.82 Å². The zero-order chi connectivity index (χ0) is 13.2. The van der Waals surface area contributed by atoms with Crippen molar-refractivity contribution in [2.45, 2.75) is 32.7 Å². The van der Waals surface area contributed by atoms with Crippen molar-refractivity contribution in [3.8, 4) is 0 Å². The molecule has 1 saturated heterocycles. The van der Waals surface area contributed by atoms with Crippen LogP contribution in [0, 0.1) is 0 Å². The third-order valence-corrected chi connectivity index (χ3v) is 3.53. The fourth-order valence-electron chi connectivity index (χ4n) is 2.03. The molecule has 2 rings (SSSR count). The van der Waals surface area contributed by atoms with E-state index in [0.29, 0.717) is 0 Å². The van der Waals surface area contributed by atoms with Crippen LogP contribution in [-0.4, -0.2) is 53.0 Å². The summed E-state index contributed by atoms with van der Waals surface area (Å²) in [6, 6.07) is 0. The standard InChI is InChI=1S/C14H24N4/c1-14(2,3)12-9-15-13(16-10-12)11-18-7-5-17(4)6-8-18/h9-10H,5-8,11H2,1-4H3. The highest BCUT2D eigenvalue weighted by molar-refractivity contribution is 5.15. The molecule has 1 aromatic rings. The van der Waals surface area contributed by atoms with Crippen LogP contribution in [0.4, 0.5) is 0 Å². The van der Waals surface area contributed by atoms with Crippen LogP contribution < -0.4 is 0 Å². The summed E-state index contributed by atoms with van der Waals surface area (Å²) in [5, 5.41) is 0. The van der Waals surface area contributed by atoms with Gasteiger partial charge >= 0.3 is 0 Å². The lowest BCUT2D eigenvalue weighted by Gasteiger charge is -2.31. The molecule has 0 bridgehead atoms. The highest BCUT2D eigenvalue weighted by Gasteiger charge is 2.17. The molecule has 0 aromatic carbocycles. The molecule has 0 atom stereocenters. The van der Waals surface area contributed by atoms with Gasteiger partial charge in [-0.15, -0.1) is 0 Å². The molecule has 4 nitrogen and oxygen atoms in total. The Bertz CT molecular complexity index is 372. The summed E-state index contributed by atoms with van der Waals surface area (Å²) in [4.78, 5) is 13.8. The topological polar surface area (TPSA) is 32.3 Å². The molecule has 4 heteroatoms. The molecule has 0 spiro atoms. The molecule has 2 heterocycles. The fourth-order valence-corrected chi connectivity index (χ4v) is 2.03. The zero-order valence-electron chi connectivity index (χ0n) is 12.0. The predicted octanol–water partition coefficient (Wildman–Crippen LogP) is 1.52. The van der Waals surface area contributed by atoms with Crippen LogP contribution in [0.3, 0.4) is 0 Å². The second-order valence-corrected chi connectivity index (χ2v) is 6.22. The smallest absolute Gasteiger partial charge is 0.142 e. The van der Waals surface area contributed by atoms with Gasteiger partial charge in [0.05, 0.1) is 6.54 Å². The van der Waals surface area contributed by atoms with E-state index >= 15 is 0 Å². The summed E-state index contributed by atoms with van der Waals surface area (Å²) < 4.78 is 0. The van der Waals surface area contributed by atoms with E-state index in [1.54, 1.807) is 0 Å². The second kappa shape index (κ2) is 5.33. The quantitative estimate of drug-likeness (QED) is 0.794. The Morgan fingerprint density at radius 1 is 1.06 bits per heavy atom. The maximum absolute atomic E-state index is 4.49. The van der Waals surface area contributed by atoms with Gasteiger partial charge in [0.25, 0.3) is 0 Å². The first kappa shape index (κ1) is 13.4. The SMILES string of the molecule is CN1CCN(Cc2ncc(C(C)(C)C)cn2)CC1. The lowest BCUT2D eigenvalue weighted by Crippen LogP contribution is -2.44. The summed E-state index contributed by atoms with van der Waals surface area (Å²) in [6.45, 7) is 11.9. The largest absolute Gasteiger partial charge is 0.304 e. The average molecular weight is 248 g/mol. The first-order valence-electron chi connectivity index (χ1n) is 6.67. The summed E-state index contributed by atoms with van der Waals surface area (Å²) in [5.41, 5.74) is 1.33. The zero-order valence-corrected chi connectivity index (χ0v) is 12.0. The molecule has 0 aliphatic carbocycles. The van der Waals surface area contributed by atoms with E-state index in [-0.39, 0.29) is 5.41 Å². The van der Waals surface area contributed by atoms with Crippen molar-refractivity contribution in [2.24, 2.45) is 0 Å². The molecule has 18 heavy (non-hydrogen) atoms. The van der Waals surface area contributed by atoms with Gasteiger partial charge < -0.3 is 4.90 Å². The van der Waals surface area contributed by atoms with Gasteiger partial charge in [-0.3, -0.25) is 4.90 Å². The maximum atomic E-state index is 4.49. The van der Waals surface area contributed by atoms with Gasteiger partial charge in [0, 0.05) is 38.6 Å². The Morgan fingerprint density at radius 2 is 1.61 bits per heavy atom. The van der Waals surface area contributed by atoms with Gasteiger partial charge in [-0.1, -0.05) is 20.8 Å². The van der Waals surface area contributed by atoms with Crippen molar-refractivity contribution in [3.05, 3.63) is 23.8 Å². The fraction of sp³-hybridized carbons (Fsp3) is 0.714. The third-order valence-electron chi connectivity index (χ3n) is 3.53. The summed E-state index contributed by atoms with van der Waals surface area (Å²) in [7, 11) is 2.17. The van der Waals surface area contributed by atoms with Crippen molar-refractivity contribution >= 4 is 0 Å². The number of hydrogen-bond acceptors (Lipinski definition) is 4. The minimum atomic E-state index is 0.131. The normalized spacial score (nSPS) is 19.1. The number of nitrogens with zero attached hydrogens (tertiary/aromatic N) is 4. The predicted molar refractivity (Wildman–Crippen MR) is 73.5 cm³/mol. The van der Waals surface area contributed by atoms with Gasteiger partial charge in [0.2, 0.25) is 0 Å². The third kappa shape index (κ3) is 3.50. The van der Waals surface area contributed by atoms with Crippen LogP contribution in [-0.2, 0) is 12.0 Å². The first-order valence-corrected chi connectivity index (χ1v) is 6.67. The molecule has 1 fully saturated rings. The minimum Gasteiger partial charge on any atom is -0.304 e. The van der Waals surface area contributed by atoms with Gasteiger partial charge in [-0.2, -0.15) is 0 Å². The highest BCUT2D eigenvalue weighted by Crippen LogP contribution is 2.20. The lowest BCUT2D eigenvalue weighted by molar-refractivity contribution is 0.145. The molecule has 1 aliphatic rings. The minimum absolute atomic E-state index is 0.131. The van der Waals surface area contributed by atoms with Crippen molar-refractivity contribution in [1.29, 1.82) is 0 Å². The molecule has 0 unspecified atom stereocenters. The van der Waals surface area contributed by atoms with E-state index in [1.807, 2.05) is 12.4 Å². The van der Waals surface area contributed by atoms with Crippen molar-refractivity contribution in [1.82, 2.24) is 19.8 Å². The van der Waals surface area contributed by atoms with Crippen LogP contribution in [0.5, 0.6) is 0 Å². The van der Waals surface area contributed by atoms with Crippen LogP contribution >= 0.6 is 0 Å². The Kier molecular flexibility index (Phi) is 3.97. The molecule has 0 radical (unpaired) electrons. The molecule has 1 aliphatic heterocycles. The van der Waals surface area contributed by atoms with Crippen molar-refractivity contribution in [2.75, 3.05) is 33.2 Å². The summed E-state index contributed by atoms with van der Waals surface area (Å²) in [5.74, 6) is 0.938. The van der Waals surface area contributed by atoms with E-state index in [9.17, 15) is 0 Å².